The number of halogens is 1. The van der Waals surface area contributed by atoms with Crippen LogP contribution >= 0.6 is 11.6 Å². The topological polar surface area (TPSA) is 38.7 Å². The van der Waals surface area contributed by atoms with Crippen molar-refractivity contribution in [3.63, 3.8) is 0 Å². The molecule has 0 heterocycles. The van der Waals surface area contributed by atoms with Gasteiger partial charge < -0.3 is 14.6 Å². The van der Waals surface area contributed by atoms with E-state index in [1.54, 1.807) is 40.2 Å². The molecule has 0 fully saturated rings. The number of hydrogen-bond acceptors (Lipinski definition) is 3. The Labute approximate surface area is 101 Å². The van der Waals surface area contributed by atoms with E-state index >= 15 is 0 Å². The third-order valence-corrected chi connectivity index (χ3v) is 2.63. The molecule has 0 aliphatic rings. The first-order valence-electron chi connectivity index (χ1n) is 4.98. The van der Waals surface area contributed by atoms with Crippen LogP contribution in [0.3, 0.4) is 0 Å². The molecule has 4 heteroatoms. The fraction of sp³-hybridized carbons (Fsp3) is 0.500. The van der Waals surface area contributed by atoms with Gasteiger partial charge in [-0.05, 0) is 37.1 Å². The molecule has 0 aromatic heterocycles. The highest BCUT2D eigenvalue weighted by atomic mass is 35.5. The van der Waals surface area contributed by atoms with Crippen molar-refractivity contribution in [2.75, 3.05) is 14.2 Å². The Morgan fingerprint density at radius 3 is 2.38 bits per heavy atom. The van der Waals surface area contributed by atoms with Gasteiger partial charge in [0, 0.05) is 7.11 Å². The van der Waals surface area contributed by atoms with Crippen LogP contribution in [0, 0.1) is 0 Å². The van der Waals surface area contributed by atoms with Crippen LogP contribution in [0.15, 0.2) is 12.1 Å². The van der Waals surface area contributed by atoms with Gasteiger partial charge in [-0.25, -0.2) is 0 Å². The van der Waals surface area contributed by atoms with Crippen LogP contribution in [0.25, 0.3) is 0 Å². The largest absolute Gasteiger partial charge is 0.495 e. The van der Waals surface area contributed by atoms with Crippen molar-refractivity contribution in [1.29, 1.82) is 0 Å². The molecular formula is C12H17ClO3. The van der Waals surface area contributed by atoms with Crippen LogP contribution in [-0.2, 0) is 16.9 Å². The van der Waals surface area contributed by atoms with E-state index < -0.39 is 5.60 Å². The van der Waals surface area contributed by atoms with E-state index in [0.29, 0.717) is 17.4 Å². The molecule has 1 aromatic rings. The lowest BCUT2D eigenvalue weighted by atomic mass is 9.93. The fourth-order valence-electron chi connectivity index (χ4n) is 1.60. The average molecular weight is 245 g/mol. The Morgan fingerprint density at radius 2 is 1.94 bits per heavy atom. The minimum Gasteiger partial charge on any atom is -0.495 e. The van der Waals surface area contributed by atoms with E-state index in [-0.39, 0.29) is 0 Å². The third kappa shape index (κ3) is 2.88. The van der Waals surface area contributed by atoms with Crippen LogP contribution in [0.5, 0.6) is 5.75 Å². The molecule has 0 atom stereocenters. The predicted octanol–water partition coefficient (Wildman–Crippen LogP) is 2.72. The summed E-state index contributed by atoms with van der Waals surface area (Å²) in [5, 5.41) is 10.5. The van der Waals surface area contributed by atoms with Crippen molar-refractivity contribution in [1.82, 2.24) is 0 Å². The molecule has 0 aliphatic heterocycles. The Morgan fingerprint density at radius 1 is 1.31 bits per heavy atom. The van der Waals surface area contributed by atoms with Gasteiger partial charge in [-0.2, -0.15) is 0 Å². The van der Waals surface area contributed by atoms with Crippen molar-refractivity contribution < 1.29 is 14.6 Å². The minimum absolute atomic E-state index is 0.410. The second-order valence-electron chi connectivity index (χ2n) is 4.14. The summed E-state index contributed by atoms with van der Waals surface area (Å²) in [6.07, 6.45) is 0. The second kappa shape index (κ2) is 5.04. The SMILES string of the molecule is COCc1cc(OC)c(Cl)cc1C(C)(C)O. The van der Waals surface area contributed by atoms with Crippen molar-refractivity contribution in [2.24, 2.45) is 0 Å². The molecule has 90 valence electrons. The monoisotopic (exact) mass is 244 g/mol. The number of aliphatic hydroxyl groups is 1. The van der Waals surface area contributed by atoms with Gasteiger partial charge >= 0.3 is 0 Å². The first-order chi connectivity index (χ1) is 7.40. The van der Waals surface area contributed by atoms with Crippen molar-refractivity contribution in [3.8, 4) is 5.75 Å². The Hall–Kier alpha value is -0.770. The first-order valence-corrected chi connectivity index (χ1v) is 5.36. The summed E-state index contributed by atoms with van der Waals surface area (Å²) in [5.41, 5.74) is 0.667. The van der Waals surface area contributed by atoms with Gasteiger partial charge in [0.1, 0.15) is 5.75 Å². The highest BCUT2D eigenvalue weighted by molar-refractivity contribution is 6.32. The zero-order chi connectivity index (χ0) is 12.3. The summed E-state index contributed by atoms with van der Waals surface area (Å²) in [6, 6.07) is 3.51. The second-order valence-corrected chi connectivity index (χ2v) is 4.54. The maximum atomic E-state index is 10.0. The summed E-state index contributed by atoms with van der Waals surface area (Å²) in [6.45, 7) is 3.83. The Balaban J connectivity index is 3.30. The molecule has 0 spiro atoms. The van der Waals surface area contributed by atoms with Crippen molar-refractivity contribution >= 4 is 11.6 Å². The molecule has 1 rings (SSSR count). The predicted molar refractivity (Wildman–Crippen MR) is 64.0 cm³/mol. The van der Waals surface area contributed by atoms with E-state index in [1.165, 1.54) is 0 Å². The lowest BCUT2D eigenvalue weighted by Gasteiger charge is -2.22. The molecule has 0 aliphatic carbocycles. The molecule has 0 unspecified atom stereocenters. The highest BCUT2D eigenvalue weighted by Gasteiger charge is 2.22. The molecule has 0 bridgehead atoms. The standard InChI is InChI=1S/C12H17ClO3/c1-12(2,14)9-6-10(13)11(16-4)5-8(9)7-15-3/h5-6,14H,7H2,1-4H3. The van der Waals surface area contributed by atoms with Crippen molar-refractivity contribution in [2.45, 2.75) is 26.1 Å². The van der Waals surface area contributed by atoms with Crippen LogP contribution < -0.4 is 4.74 Å². The fourth-order valence-corrected chi connectivity index (χ4v) is 1.84. The number of rotatable bonds is 4. The van der Waals surface area contributed by atoms with Crippen LogP contribution in [-0.4, -0.2) is 19.3 Å². The van der Waals surface area contributed by atoms with E-state index in [1.807, 2.05) is 0 Å². The van der Waals surface area contributed by atoms with Gasteiger partial charge in [-0.1, -0.05) is 11.6 Å². The zero-order valence-electron chi connectivity index (χ0n) is 10.0. The zero-order valence-corrected chi connectivity index (χ0v) is 10.8. The van der Waals surface area contributed by atoms with Gasteiger partial charge in [0.2, 0.25) is 0 Å². The Kier molecular flexibility index (Phi) is 4.19. The summed E-state index contributed by atoms with van der Waals surface area (Å²) in [5.74, 6) is 0.585. The number of methoxy groups -OCH3 is 2. The summed E-state index contributed by atoms with van der Waals surface area (Å²) in [4.78, 5) is 0. The quantitative estimate of drug-likeness (QED) is 0.885. The molecule has 0 saturated carbocycles. The highest BCUT2D eigenvalue weighted by Crippen LogP contribution is 2.33. The molecule has 0 amide bonds. The summed E-state index contributed by atoms with van der Waals surface area (Å²) in [7, 11) is 3.16. The van der Waals surface area contributed by atoms with Gasteiger partial charge in [0.05, 0.1) is 24.3 Å². The smallest absolute Gasteiger partial charge is 0.137 e. The molecule has 3 nitrogen and oxygen atoms in total. The molecule has 0 saturated heterocycles. The average Bonchev–Trinajstić information content (AvgIpc) is 2.19. The van der Waals surface area contributed by atoms with Gasteiger partial charge in [0.15, 0.2) is 0 Å². The van der Waals surface area contributed by atoms with E-state index in [2.05, 4.69) is 0 Å². The summed E-state index contributed by atoms with van der Waals surface area (Å²) < 4.78 is 10.2. The molecule has 1 N–H and O–H groups in total. The van der Waals surface area contributed by atoms with Gasteiger partial charge in [-0.15, -0.1) is 0 Å². The van der Waals surface area contributed by atoms with Crippen LogP contribution in [0.1, 0.15) is 25.0 Å². The lowest BCUT2D eigenvalue weighted by Crippen LogP contribution is -2.18. The lowest BCUT2D eigenvalue weighted by molar-refractivity contribution is 0.0746. The number of hydrogen-bond donors (Lipinski definition) is 1. The van der Waals surface area contributed by atoms with Gasteiger partial charge in [-0.3, -0.25) is 0 Å². The maximum Gasteiger partial charge on any atom is 0.137 e. The molecular weight excluding hydrogens is 228 g/mol. The molecule has 1 aromatic carbocycles. The van der Waals surface area contributed by atoms with Gasteiger partial charge in [0.25, 0.3) is 0 Å². The minimum atomic E-state index is -0.955. The Bertz CT molecular complexity index is 369. The van der Waals surface area contributed by atoms with E-state index in [0.717, 1.165) is 11.1 Å². The van der Waals surface area contributed by atoms with Crippen LogP contribution in [0.4, 0.5) is 0 Å². The van der Waals surface area contributed by atoms with Crippen LogP contribution in [0.2, 0.25) is 5.02 Å². The third-order valence-electron chi connectivity index (χ3n) is 2.34. The number of benzene rings is 1. The summed E-state index contributed by atoms with van der Waals surface area (Å²) >= 11 is 6.03. The van der Waals surface area contributed by atoms with E-state index in [4.69, 9.17) is 21.1 Å². The molecule has 16 heavy (non-hydrogen) atoms. The maximum absolute atomic E-state index is 10.0. The normalized spacial score (nSPS) is 11.6. The number of ether oxygens (including phenoxy) is 2. The molecule has 0 radical (unpaired) electrons. The van der Waals surface area contributed by atoms with E-state index in [9.17, 15) is 5.11 Å². The first kappa shape index (κ1) is 13.3. The van der Waals surface area contributed by atoms with Crippen molar-refractivity contribution in [3.05, 3.63) is 28.3 Å².